The smallest absolute Gasteiger partial charge is 0.462 e. The zero-order valence-electron chi connectivity index (χ0n) is 19.7. The molecule has 0 rings (SSSR count). The number of esters is 1. The summed E-state index contributed by atoms with van der Waals surface area (Å²) in [6, 6.07) is 0. The Bertz CT molecular complexity index is 504. The van der Waals surface area contributed by atoms with E-state index in [2.05, 4.69) is 27.4 Å². The number of phosphoric ester groups is 1. The lowest BCUT2D eigenvalue weighted by molar-refractivity contribution is -0.929. The van der Waals surface area contributed by atoms with E-state index in [1.807, 2.05) is 0 Å². The van der Waals surface area contributed by atoms with Gasteiger partial charge in [0.25, 0.3) is 0 Å². The molecule has 0 aliphatic heterocycles. The zero-order valence-corrected chi connectivity index (χ0v) is 20.6. The molecule has 0 spiro atoms. The molecule has 30 heavy (non-hydrogen) atoms. The average molecular weight is 451 g/mol. The fourth-order valence-electron chi connectivity index (χ4n) is 3.30. The van der Waals surface area contributed by atoms with Crippen molar-refractivity contribution in [2.45, 2.75) is 79.1 Å². The van der Waals surface area contributed by atoms with Crippen LogP contribution in [0.5, 0.6) is 0 Å². The number of nitrogens with zero attached hydrogens (tertiary/aromatic N) is 1. The van der Waals surface area contributed by atoms with Crippen LogP contribution in [-0.2, 0) is 23.1 Å². The van der Waals surface area contributed by atoms with Crippen molar-refractivity contribution in [3.8, 4) is 0 Å². The molecule has 0 aliphatic rings. The first kappa shape index (κ1) is 29.3. The van der Waals surface area contributed by atoms with Gasteiger partial charge in [-0.25, -0.2) is 9.36 Å². The van der Waals surface area contributed by atoms with Crippen molar-refractivity contribution in [3.05, 3.63) is 12.2 Å². The van der Waals surface area contributed by atoms with Gasteiger partial charge in [-0.1, -0.05) is 46.6 Å². The third kappa shape index (κ3) is 14.3. The van der Waals surface area contributed by atoms with Crippen molar-refractivity contribution in [2.24, 2.45) is 0 Å². The van der Waals surface area contributed by atoms with E-state index < -0.39 is 13.8 Å². The summed E-state index contributed by atoms with van der Waals surface area (Å²) in [4.78, 5) is 21.1. The van der Waals surface area contributed by atoms with Gasteiger partial charge in [0.05, 0.1) is 46.0 Å². The molecule has 0 heterocycles. The van der Waals surface area contributed by atoms with Gasteiger partial charge in [-0.15, -0.1) is 0 Å². The molecule has 8 heteroatoms. The van der Waals surface area contributed by atoms with E-state index in [0.29, 0.717) is 12.0 Å². The molecule has 0 aromatic carbocycles. The summed E-state index contributed by atoms with van der Waals surface area (Å²) in [5.74, 6) is -0.478. The molecule has 0 aromatic rings. The Balaban J connectivity index is 4.38. The number of rotatable bonds is 20. The highest BCUT2D eigenvalue weighted by molar-refractivity contribution is 7.47. The van der Waals surface area contributed by atoms with Gasteiger partial charge in [0.1, 0.15) is 0 Å². The molecule has 178 valence electrons. The van der Waals surface area contributed by atoms with Gasteiger partial charge in [0, 0.05) is 18.4 Å². The summed E-state index contributed by atoms with van der Waals surface area (Å²) < 4.78 is 28.2. The normalized spacial score (nSPS) is 13.8. The fraction of sp³-hybridized carbons (Fsp3) is 0.864. The van der Waals surface area contributed by atoms with Crippen LogP contribution in [0.4, 0.5) is 0 Å². The molecule has 0 aromatic heterocycles. The molecule has 1 N–H and O–H groups in total. The number of carbonyl (C=O) groups is 1. The van der Waals surface area contributed by atoms with Crippen molar-refractivity contribution >= 4 is 13.8 Å². The molecule has 0 amide bonds. The Morgan fingerprint density at radius 2 is 1.27 bits per heavy atom. The fourth-order valence-corrected chi connectivity index (χ4v) is 4.09. The second-order valence-electron chi connectivity index (χ2n) is 8.06. The average Bonchev–Trinajstić information content (AvgIpc) is 2.71. The summed E-state index contributed by atoms with van der Waals surface area (Å²) in [5.41, 5.74) is 0.318. The molecular weight excluding hydrogens is 405 g/mol. The predicted molar refractivity (Wildman–Crippen MR) is 121 cm³/mol. The molecular formula is C22H45NO6P+. The number of quaternary nitrogens is 1. The van der Waals surface area contributed by atoms with Crippen LogP contribution < -0.4 is 0 Å². The first-order chi connectivity index (χ1) is 14.2. The van der Waals surface area contributed by atoms with Crippen molar-refractivity contribution in [1.29, 1.82) is 0 Å². The Morgan fingerprint density at radius 3 is 1.70 bits per heavy atom. The largest absolute Gasteiger partial charge is 0.472 e. The van der Waals surface area contributed by atoms with E-state index in [4.69, 9.17) is 13.8 Å². The molecule has 0 fully saturated rings. The standard InChI is InChI=1S/C22H44NO6P/c1-6-9-14-23(15-10-7-2,16-11-8-3)17-12-19-28-30(25,26)29-20-13-18-27-22(24)21(4)5/h4,6-20H2,1-3,5H3/p+1. The molecule has 7 nitrogen and oxygen atoms in total. The van der Waals surface area contributed by atoms with Gasteiger partial charge < -0.3 is 14.1 Å². The van der Waals surface area contributed by atoms with E-state index in [1.165, 1.54) is 38.5 Å². The van der Waals surface area contributed by atoms with Crippen LogP contribution in [0.15, 0.2) is 12.2 Å². The van der Waals surface area contributed by atoms with Gasteiger partial charge in [0.2, 0.25) is 0 Å². The van der Waals surface area contributed by atoms with E-state index >= 15 is 0 Å². The highest BCUT2D eigenvalue weighted by Crippen LogP contribution is 2.43. The van der Waals surface area contributed by atoms with Crippen LogP contribution in [0.25, 0.3) is 0 Å². The molecule has 0 saturated heterocycles. The Morgan fingerprint density at radius 1 is 0.833 bits per heavy atom. The van der Waals surface area contributed by atoms with Crippen LogP contribution in [-0.4, -0.2) is 61.3 Å². The Labute approximate surface area is 184 Å². The summed E-state index contributed by atoms with van der Waals surface area (Å²) in [6.45, 7) is 16.4. The first-order valence-electron chi connectivity index (χ1n) is 11.5. The topological polar surface area (TPSA) is 82.1 Å². The number of carbonyl (C=O) groups excluding carboxylic acids is 1. The molecule has 1 unspecified atom stereocenters. The molecule has 0 aliphatic carbocycles. The lowest BCUT2D eigenvalue weighted by Crippen LogP contribution is -2.51. The predicted octanol–water partition coefficient (Wildman–Crippen LogP) is 5.24. The molecule has 1 atom stereocenters. The van der Waals surface area contributed by atoms with Crippen molar-refractivity contribution < 1.29 is 32.5 Å². The van der Waals surface area contributed by atoms with Crippen molar-refractivity contribution in [1.82, 2.24) is 0 Å². The maximum absolute atomic E-state index is 12.0. The Kier molecular flexibility index (Phi) is 16.5. The Hall–Kier alpha value is -0.720. The zero-order chi connectivity index (χ0) is 22.9. The van der Waals surface area contributed by atoms with Crippen LogP contribution >= 0.6 is 7.82 Å². The lowest BCUT2D eigenvalue weighted by Gasteiger charge is -2.39. The number of phosphoric acid groups is 1. The summed E-state index contributed by atoms with van der Waals surface area (Å²) in [6.07, 6.45) is 8.17. The number of unbranched alkanes of at least 4 members (excludes halogenated alkanes) is 3. The third-order valence-corrected chi connectivity index (χ3v) is 6.13. The van der Waals surface area contributed by atoms with Gasteiger partial charge in [-0.3, -0.25) is 9.05 Å². The lowest BCUT2D eigenvalue weighted by atomic mass is 10.1. The molecule has 0 radical (unpaired) electrons. The maximum Gasteiger partial charge on any atom is 0.472 e. The minimum Gasteiger partial charge on any atom is -0.462 e. The number of hydrogen-bond donors (Lipinski definition) is 1. The third-order valence-electron chi connectivity index (χ3n) is 5.11. The van der Waals surface area contributed by atoms with Crippen LogP contribution in [0, 0.1) is 0 Å². The number of ether oxygens (including phenoxy) is 1. The van der Waals surface area contributed by atoms with Crippen molar-refractivity contribution in [2.75, 3.05) is 46.0 Å². The number of hydrogen-bond acceptors (Lipinski definition) is 5. The van der Waals surface area contributed by atoms with Gasteiger partial charge in [0.15, 0.2) is 0 Å². The quantitative estimate of drug-likeness (QED) is 0.0898. The highest BCUT2D eigenvalue weighted by atomic mass is 31.2. The second kappa shape index (κ2) is 16.9. The summed E-state index contributed by atoms with van der Waals surface area (Å²) in [7, 11) is -4.09. The first-order valence-corrected chi connectivity index (χ1v) is 13.0. The van der Waals surface area contributed by atoms with Crippen molar-refractivity contribution in [3.63, 3.8) is 0 Å². The van der Waals surface area contributed by atoms with Crippen LogP contribution in [0.1, 0.15) is 79.1 Å². The molecule has 0 bridgehead atoms. The summed E-state index contributed by atoms with van der Waals surface area (Å²) in [5, 5.41) is 0. The highest BCUT2D eigenvalue weighted by Gasteiger charge is 2.26. The van der Waals surface area contributed by atoms with Crippen LogP contribution in [0.2, 0.25) is 0 Å². The second-order valence-corrected chi connectivity index (χ2v) is 9.51. The SMILES string of the molecule is C=C(C)C(=O)OCCCOP(=O)(O)OCCC[N+](CCCC)(CCCC)CCCC. The van der Waals surface area contributed by atoms with Gasteiger partial charge in [-0.2, -0.15) is 0 Å². The summed E-state index contributed by atoms with van der Waals surface area (Å²) >= 11 is 0. The van der Waals surface area contributed by atoms with E-state index in [1.54, 1.807) is 6.92 Å². The van der Waals surface area contributed by atoms with E-state index in [-0.39, 0.29) is 19.8 Å². The van der Waals surface area contributed by atoms with E-state index in [0.717, 1.165) is 37.1 Å². The minimum absolute atomic E-state index is 0.0131. The van der Waals surface area contributed by atoms with Gasteiger partial charge >= 0.3 is 13.8 Å². The van der Waals surface area contributed by atoms with Crippen LogP contribution in [0.3, 0.4) is 0 Å². The van der Waals surface area contributed by atoms with Gasteiger partial charge in [-0.05, 0) is 26.2 Å². The maximum atomic E-state index is 12.0. The minimum atomic E-state index is -4.09. The monoisotopic (exact) mass is 450 g/mol. The molecule has 0 saturated carbocycles. The van der Waals surface area contributed by atoms with E-state index in [9.17, 15) is 14.3 Å².